The number of sulfonamides is 1. The molecule has 0 radical (unpaired) electrons. The van der Waals surface area contributed by atoms with Gasteiger partial charge in [-0.3, -0.25) is 14.3 Å². The Morgan fingerprint density at radius 1 is 1.38 bits per heavy atom. The van der Waals surface area contributed by atoms with E-state index >= 15 is 0 Å². The number of primary sulfonamides is 1. The number of benzene rings is 1. The van der Waals surface area contributed by atoms with Crippen molar-refractivity contribution in [1.29, 1.82) is 0 Å². The molecule has 0 spiro atoms. The van der Waals surface area contributed by atoms with Crippen LogP contribution >= 0.6 is 0 Å². The first-order valence-corrected chi connectivity index (χ1v) is 10.5. The summed E-state index contributed by atoms with van der Waals surface area (Å²) in [4.78, 5) is 12.3. The first-order valence-electron chi connectivity index (χ1n) is 7.59. The third kappa shape index (κ3) is 3.45. The SMILES string of the molecule is CCC1(CC)CN(c2ccc(S(N)(=O)=O)cc2[N+](=O)[O-])CCS1=O. The number of hydrogen-bond donors (Lipinski definition) is 1. The molecule has 1 fully saturated rings. The Morgan fingerprint density at radius 3 is 2.50 bits per heavy atom. The minimum Gasteiger partial charge on any atom is -0.364 e. The van der Waals surface area contributed by atoms with Gasteiger partial charge >= 0.3 is 0 Å². The van der Waals surface area contributed by atoms with Crippen LogP contribution in [0, 0.1) is 10.1 Å². The Kier molecular flexibility index (Phi) is 5.31. The van der Waals surface area contributed by atoms with E-state index in [1.54, 1.807) is 0 Å². The monoisotopic (exact) mass is 375 g/mol. The number of nitrogens with two attached hydrogens (primary N) is 1. The predicted octanol–water partition coefficient (Wildman–Crippen LogP) is 1.37. The van der Waals surface area contributed by atoms with Gasteiger partial charge in [-0.15, -0.1) is 0 Å². The summed E-state index contributed by atoms with van der Waals surface area (Å²) < 4.78 is 34.9. The molecule has 1 aromatic rings. The van der Waals surface area contributed by atoms with Gasteiger partial charge in [-0.25, -0.2) is 13.6 Å². The first-order chi connectivity index (χ1) is 11.1. The third-order valence-corrected chi connectivity index (χ3v) is 7.75. The van der Waals surface area contributed by atoms with E-state index < -0.39 is 30.5 Å². The second kappa shape index (κ2) is 6.77. The van der Waals surface area contributed by atoms with Crippen LogP contribution in [-0.4, -0.2) is 41.1 Å². The van der Waals surface area contributed by atoms with Crippen molar-refractivity contribution in [2.75, 3.05) is 23.7 Å². The fourth-order valence-electron chi connectivity index (χ4n) is 3.00. The standard InChI is InChI=1S/C14H21N3O5S2/c1-3-14(4-2)10-16(7-8-23(14)20)12-6-5-11(24(15,21)22)9-13(12)17(18)19/h5-6,9H,3-4,7-8,10H2,1-2H3,(H2,15,21,22). The van der Waals surface area contributed by atoms with E-state index in [1.807, 2.05) is 18.7 Å². The summed E-state index contributed by atoms with van der Waals surface area (Å²) in [6.07, 6.45) is 1.41. The Bertz CT molecular complexity index is 775. The van der Waals surface area contributed by atoms with Crippen molar-refractivity contribution in [2.45, 2.75) is 36.3 Å². The van der Waals surface area contributed by atoms with E-state index in [-0.39, 0.29) is 10.6 Å². The molecule has 1 heterocycles. The lowest BCUT2D eigenvalue weighted by Crippen LogP contribution is -2.53. The second-order valence-electron chi connectivity index (χ2n) is 5.81. The summed E-state index contributed by atoms with van der Waals surface area (Å²) in [6.45, 7) is 4.78. The van der Waals surface area contributed by atoms with Gasteiger partial charge in [0.05, 0.1) is 14.6 Å². The highest BCUT2D eigenvalue weighted by atomic mass is 32.2. The van der Waals surface area contributed by atoms with E-state index in [9.17, 15) is 22.7 Å². The molecule has 1 unspecified atom stereocenters. The van der Waals surface area contributed by atoms with Gasteiger partial charge in [0.25, 0.3) is 5.69 Å². The van der Waals surface area contributed by atoms with Crippen molar-refractivity contribution >= 4 is 32.2 Å². The molecule has 8 nitrogen and oxygen atoms in total. The first kappa shape index (κ1) is 18.8. The van der Waals surface area contributed by atoms with Gasteiger partial charge in [-0.05, 0) is 25.0 Å². The van der Waals surface area contributed by atoms with Crippen LogP contribution in [0.4, 0.5) is 11.4 Å². The number of hydrogen-bond acceptors (Lipinski definition) is 6. The van der Waals surface area contributed by atoms with E-state index in [1.165, 1.54) is 12.1 Å². The Morgan fingerprint density at radius 2 is 2.00 bits per heavy atom. The molecule has 1 aromatic carbocycles. The molecule has 1 aliphatic heterocycles. The molecule has 0 aliphatic carbocycles. The van der Waals surface area contributed by atoms with Gasteiger partial charge in [0.2, 0.25) is 10.0 Å². The lowest BCUT2D eigenvalue weighted by molar-refractivity contribution is -0.384. The molecule has 134 valence electrons. The summed E-state index contributed by atoms with van der Waals surface area (Å²) in [5.41, 5.74) is 0.0192. The maximum absolute atomic E-state index is 12.4. The summed E-state index contributed by atoms with van der Waals surface area (Å²) in [7, 11) is -5.01. The molecular weight excluding hydrogens is 354 g/mol. The Balaban J connectivity index is 2.48. The molecule has 1 saturated heterocycles. The highest BCUT2D eigenvalue weighted by Crippen LogP contribution is 2.36. The van der Waals surface area contributed by atoms with Gasteiger partial charge < -0.3 is 4.90 Å². The normalized spacial score (nSPS) is 20.8. The van der Waals surface area contributed by atoms with Crippen LogP contribution in [-0.2, 0) is 20.8 Å². The zero-order chi connectivity index (χ0) is 18.1. The van der Waals surface area contributed by atoms with Crippen molar-refractivity contribution < 1.29 is 17.6 Å². The van der Waals surface area contributed by atoms with Gasteiger partial charge in [0.1, 0.15) is 5.69 Å². The number of rotatable bonds is 5. The lowest BCUT2D eigenvalue weighted by atomic mass is 10.0. The molecule has 0 aromatic heterocycles. The van der Waals surface area contributed by atoms with Crippen LogP contribution in [0.3, 0.4) is 0 Å². The molecule has 1 atom stereocenters. The van der Waals surface area contributed by atoms with Gasteiger partial charge in [0.15, 0.2) is 0 Å². The molecule has 0 saturated carbocycles. The van der Waals surface area contributed by atoms with Crippen molar-refractivity contribution in [3.05, 3.63) is 28.3 Å². The topological polar surface area (TPSA) is 124 Å². The molecule has 2 N–H and O–H groups in total. The molecule has 1 aliphatic rings. The van der Waals surface area contributed by atoms with Gasteiger partial charge in [0, 0.05) is 35.7 Å². The molecule has 2 rings (SSSR count). The number of anilines is 1. The van der Waals surface area contributed by atoms with Gasteiger partial charge in [-0.2, -0.15) is 0 Å². The van der Waals surface area contributed by atoms with E-state index in [0.29, 0.717) is 37.4 Å². The minimum atomic E-state index is -4.02. The van der Waals surface area contributed by atoms with Crippen LogP contribution < -0.4 is 10.0 Å². The maximum atomic E-state index is 12.4. The van der Waals surface area contributed by atoms with Crippen LogP contribution in [0.2, 0.25) is 0 Å². The average molecular weight is 375 g/mol. The summed E-state index contributed by atoms with van der Waals surface area (Å²) in [5.74, 6) is 0.426. The number of nitro groups is 1. The molecular formula is C14H21N3O5S2. The van der Waals surface area contributed by atoms with E-state index in [4.69, 9.17) is 5.14 Å². The third-order valence-electron chi connectivity index (χ3n) is 4.61. The van der Waals surface area contributed by atoms with E-state index in [0.717, 1.165) is 6.07 Å². The van der Waals surface area contributed by atoms with Crippen LogP contribution in [0.15, 0.2) is 23.1 Å². The Hall–Kier alpha value is -1.52. The predicted molar refractivity (Wildman–Crippen MR) is 93.0 cm³/mol. The average Bonchev–Trinajstić information content (AvgIpc) is 2.54. The largest absolute Gasteiger partial charge is 0.364 e. The summed E-state index contributed by atoms with van der Waals surface area (Å²) >= 11 is 0. The van der Waals surface area contributed by atoms with Crippen molar-refractivity contribution in [3.63, 3.8) is 0 Å². The smallest absolute Gasteiger partial charge is 0.293 e. The highest BCUT2D eigenvalue weighted by Gasteiger charge is 2.40. The van der Waals surface area contributed by atoms with Gasteiger partial charge in [-0.1, -0.05) is 13.8 Å². The highest BCUT2D eigenvalue weighted by molar-refractivity contribution is 7.89. The van der Waals surface area contributed by atoms with Crippen molar-refractivity contribution in [2.24, 2.45) is 5.14 Å². The molecule has 10 heteroatoms. The fourth-order valence-corrected chi connectivity index (χ4v) is 5.30. The zero-order valence-electron chi connectivity index (χ0n) is 13.6. The van der Waals surface area contributed by atoms with Crippen LogP contribution in [0.5, 0.6) is 0 Å². The summed E-state index contributed by atoms with van der Waals surface area (Å²) in [6, 6.07) is 3.65. The van der Waals surface area contributed by atoms with Crippen LogP contribution in [0.1, 0.15) is 26.7 Å². The lowest BCUT2D eigenvalue weighted by Gasteiger charge is -2.42. The minimum absolute atomic E-state index is 0.296. The van der Waals surface area contributed by atoms with Crippen molar-refractivity contribution in [3.8, 4) is 0 Å². The molecule has 24 heavy (non-hydrogen) atoms. The van der Waals surface area contributed by atoms with Crippen LogP contribution in [0.25, 0.3) is 0 Å². The molecule has 0 amide bonds. The second-order valence-corrected chi connectivity index (χ2v) is 9.34. The number of nitro benzene ring substituents is 1. The number of nitrogens with zero attached hydrogens (tertiary/aromatic N) is 2. The Labute approximate surface area is 143 Å². The fraction of sp³-hybridized carbons (Fsp3) is 0.571. The maximum Gasteiger partial charge on any atom is 0.293 e. The van der Waals surface area contributed by atoms with Crippen molar-refractivity contribution in [1.82, 2.24) is 0 Å². The zero-order valence-corrected chi connectivity index (χ0v) is 15.2. The molecule has 0 bridgehead atoms. The van der Waals surface area contributed by atoms with E-state index in [2.05, 4.69) is 0 Å². The quantitative estimate of drug-likeness (QED) is 0.612. The summed E-state index contributed by atoms with van der Waals surface area (Å²) in [5, 5.41) is 16.4.